The number of esters is 1. The van der Waals surface area contributed by atoms with Crippen molar-refractivity contribution in [1.82, 2.24) is 9.88 Å². The van der Waals surface area contributed by atoms with Crippen molar-refractivity contribution in [1.29, 1.82) is 0 Å². The Kier molecular flexibility index (Phi) is 5.37. The number of hydrogen-bond acceptors (Lipinski definition) is 5. The SMILES string of the molecule is COC(=O)CCN1CCN(c2ncc(Br)cc2C)CC1. The highest BCUT2D eigenvalue weighted by molar-refractivity contribution is 9.10. The second kappa shape index (κ2) is 7.04. The molecule has 2 rings (SSSR count). The lowest BCUT2D eigenvalue weighted by Crippen LogP contribution is -2.47. The fourth-order valence-electron chi connectivity index (χ4n) is 2.40. The first-order valence-corrected chi connectivity index (χ1v) is 7.55. The molecule has 6 heteroatoms. The molecule has 0 bridgehead atoms. The number of nitrogens with zero attached hydrogens (tertiary/aromatic N) is 3. The van der Waals surface area contributed by atoms with Gasteiger partial charge in [0, 0.05) is 43.4 Å². The number of carbonyl (C=O) groups excluding carboxylic acids is 1. The number of ether oxygens (including phenoxy) is 1. The molecular formula is C14H20BrN3O2. The molecule has 0 aliphatic carbocycles. The summed E-state index contributed by atoms with van der Waals surface area (Å²) in [5.74, 6) is 0.915. The van der Waals surface area contributed by atoms with E-state index in [1.165, 1.54) is 12.7 Å². The van der Waals surface area contributed by atoms with Crippen molar-refractivity contribution >= 4 is 27.7 Å². The number of methoxy groups -OCH3 is 1. The highest BCUT2D eigenvalue weighted by Gasteiger charge is 2.19. The Labute approximate surface area is 128 Å². The van der Waals surface area contributed by atoms with E-state index >= 15 is 0 Å². The largest absolute Gasteiger partial charge is 0.469 e. The smallest absolute Gasteiger partial charge is 0.306 e. The molecule has 5 nitrogen and oxygen atoms in total. The summed E-state index contributed by atoms with van der Waals surface area (Å²) in [6.07, 6.45) is 2.30. The van der Waals surface area contributed by atoms with E-state index in [1.54, 1.807) is 0 Å². The molecule has 1 fully saturated rings. The molecule has 0 unspecified atom stereocenters. The van der Waals surface area contributed by atoms with Gasteiger partial charge < -0.3 is 9.64 Å². The van der Waals surface area contributed by atoms with E-state index in [0.29, 0.717) is 6.42 Å². The number of carbonyl (C=O) groups is 1. The monoisotopic (exact) mass is 341 g/mol. The molecule has 0 radical (unpaired) electrons. The van der Waals surface area contributed by atoms with Gasteiger partial charge in [0.25, 0.3) is 0 Å². The molecule has 20 heavy (non-hydrogen) atoms. The molecule has 0 N–H and O–H groups in total. The number of hydrogen-bond donors (Lipinski definition) is 0. The van der Waals surface area contributed by atoms with Crippen molar-refractivity contribution in [3.8, 4) is 0 Å². The molecular weight excluding hydrogens is 322 g/mol. The Bertz CT molecular complexity index is 473. The van der Waals surface area contributed by atoms with Crippen LogP contribution < -0.4 is 4.90 Å². The summed E-state index contributed by atoms with van der Waals surface area (Å²) in [5, 5.41) is 0. The summed E-state index contributed by atoms with van der Waals surface area (Å²) in [7, 11) is 1.43. The van der Waals surface area contributed by atoms with Crippen LogP contribution >= 0.6 is 15.9 Å². The predicted octanol–water partition coefficient (Wildman–Crippen LogP) is 1.84. The van der Waals surface area contributed by atoms with Crippen LogP contribution in [0, 0.1) is 6.92 Å². The van der Waals surface area contributed by atoms with Crippen molar-refractivity contribution in [2.45, 2.75) is 13.3 Å². The molecule has 2 heterocycles. The molecule has 0 aromatic carbocycles. The third-order valence-corrected chi connectivity index (χ3v) is 3.98. The average molecular weight is 342 g/mol. The molecule has 1 aromatic rings. The minimum Gasteiger partial charge on any atom is -0.469 e. The molecule has 1 aromatic heterocycles. The van der Waals surface area contributed by atoms with Crippen LogP contribution in [0.4, 0.5) is 5.82 Å². The lowest BCUT2D eigenvalue weighted by atomic mass is 10.2. The highest BCUT2D eigenvalue weighted by atomic mass is 79.9. The van der Waals surface area contributed by atoms with Crippen LogP contribution in [0.2, 0.25) is 0 Å². The molecule has 110 valence electrons. The Morgan fingerprint density at radius 3 is 2.70 bits per heavy atom. The Balaban J connectivity index is 1.86. The van der Waals surface area contributed by atoms with Gasteiger partial charge in [-0.3, -0.25) is 9.69 Å². The van der Waals surface area contributed by atoms with Gasteiger partial charge >= 0.3 is 5.97 Å². The van der Waals surface area contributed by atoms with Gasteiger partial charge in [0.05, 0.1) is 13.5 Å². The second-order valence-electron chi connectivity index (χ2n) is 4.95. The number of aryl methyl sites for hydroxylation is 1. The van der Waals surface area contributed by atoms with E-state index in [2.05, 4.69) is 48.4 Å². The van der Waals surface area contributed by atoms with Crippen LogP contribution in [-0.2, 0) is 9.53 Å². The van der Waals surface area contributed by atoms with Crippen molar-refractivity contribution < 1.29 is 9.53 Å². The predicted molar refractivity (Wildman–Crippen MR) is 82.0 cm³/mol. The number of pyridine rings is 1. The van der Waals surface area contributed by atoms with Crippen LogP contribution in [0.25, 0.3) is 0 Å². The van der Waals surface area contributed by atoms with Gasteiger partial charge in [-0.25, -0.2) is 4.98 Å². The molecule has 0 atom stereocenters. The Morgan fingerprint density at radius 1 is 1.40 bits per heavy atom. The van der Waals surface area contributed by atoms with Gasteiger partial charge in [-0.05, 0) is 34.5 Å². The number of anilines is 1. The zero-order chi connectivity index (χ0) is 14.5. The van der Waals surface area contributed by atoms with Crippen molar-refractivity contribution in [3.05, 3.63) is 22.3 Å². The third-order valence-electron chi connectivity index (χ3n) is 3.55. The fraction of sp³-hybridized carbons (Fsp3) is 0.571. The van der Waals surface area contributed by atoms with Gasteiger partial charge in [0.15, 0.2) is 0 Å². The van der Waals surface area contributed by atoms with Gasteiger partial charge in [-0.15, -0.1) is 0 Å². The Morgan fingerprint density at radius 2 is 2.10 bits per heavy atom. The highest BCUT2D eigenvalue weighted by Crippen LogP contribution is 2.21. The van der Waals surface area contributed by atoms with E-state index in [1.807, 2.05) is 6.20 Å². The third kappa shape index (κ3) is 3.93. The minimum atomic E-state index is -0.141. The number of aromatic nitrogens is 1. The quantitative estimate of drug-likeness (QED) is 0.782. The zero-order valence-corrected chi connectivity index (χ0v) is 13.5. The molecule has 1 aliphatic heterocycles. The summed E-state index contributed by atoms with van der Waals surface area (Å²) in [6.45, 7) is 6.64. The lowest BCUT2D eigenvalue weighted by Gasteiger charge is -2.35. The summed E-state index contributed by atoms with van der Waals surface area (Å²) >= 11 is 3.44. The maximum atomic E-state index is 11.1. The topological polar surface area (TPSA) is 45.7 Å². The first-order chi connectivity index (χ1) is 9.60. The van der Waals surface area contributed by atoms with Gasteiger partial charge in [-0.2, -0.15) is 0 Å². The number of rotatable bonds is 4. The van der Waals surface area contributed by atoms with Crippen LogP contribution in [0.3, 0.4) is 0 Å². The Hall–Kier alpha value is -1.14. The first kappa shape index (κ1) is 15.3. The minimum absolute atomic E-state index is 0.141. The summed E-state index contributed by atoms with van der Waals surface area (Å²) < 4.78 is 5.68. The van der Waals surface area contributed by atoms with Crippen molar-refractivity contribution in [3.63, 3.8) is 0 Å². The van der Waals surface area contributed by atoms with E-state index in [9.17, 15) is 4.79 Å². The van der Waals surface area contributed by atoms with Gasteiger partial charge in [-0.1, -0.05) is 0 Å². The molecule has 0 amide bonds. The van der Waals surface area contributed by atoms with Crippen molar-refractivity contribution in [2.75, 3.05) is 44.7 Å². The van der Waals surface area contributed by atoms with Crippen LogP contribution in [0.15, 0.2) is 16.7 Å². The molecule has 1 aliphatic rings. The lowest BCUT2D eigenvalue weighted by molar-refractivity contribution is -0.141. The summed E-state index contributed by atoms with van der Waals surface area (Å²) in [6, 6.07) is 2.09. The van der Waals surface area contributed by atoms with Gasteiger partial charge in [0.1, 0.15) is 5.82 Å². The molecule has 1 saturated heterocycles. The van der Waals surface area contributed by atoms with Crippen LogP contribution in [-0.4, -0.2) is 55.7 Å². The van der Waals surface area contributed by atoms with E-state index in [0.717, 1.165) is 43.0 Å². The van der Waals surface area contributed by atoms with E-state index < -0.39 is 0 Å². The first-order valence-electron chi connectivity index (χ1n) is 6.76. The van der Waals surface area contributed by atoms with E-state index in [4.69, 9.17) is 0 Å². The second-order valence-corrected chi connectivity index (χ2v) is 5.86. The summed E-state index contributed by atoms with van der Waals surface area (Å²) in [4.78, 5) is 20.2. The molecule has 0 spiro atoms. The average Bonchev–Trinajstić information content (AvgIpc) is 2.45. The standard InChI is InChI=1S/C14H20BrN3O2/c1-11-9-12(15)10-16-14(11)18-7-5-17(6-8-18)4-3-13(19)20-2/h9-10H,3-8H2,1-2H3. The zero-order valence-electron chi connectivity index (χ0n) is 11.9. The van der Waals surface area contributed by atoms with Crippen molar-refractivity contribution in [2.24, 2.45) is 0 Å². The van der Waals surface area contributed by atoms with E-state index in [-0.39, 0.29) is 5.97 Å². The molecule has 0 saturated carbocycles. The number of piperazine rings is 1. The van der Waals surface area contributed by atoms with Crippen LogP contribution in [0.5, 0.6) is 0 Å². The number of halogens is 1. The maximum Gasteiger partial charge on any atom is 0.306 e. The normalized spacial score (nSPS) is 16.2. The maximum absolute atomic E-state index is 11.1. The summed E-state index contributed by atoms with van der Waals surface area (Å²) in [5.41, 5.74) is 1.18. The van der Waals surface area contributed by atoms with Crippen LogP contribution in [0.1, 0.15) is 12.0 Å². The van der Waals surface area contributed by atoms with Gasteiger partial charge in [0.2, 0.25) is 0 Å². The fourth-order valence-corrected chi connectivity index (χ4v) is 2.84.